The standard InChI is InChI=1S/C26H56N/c1-5-9-13-15-17-21-25-27(23-19-11-7-3,24-20-12-8-4)26-22-18-16-14-10-6-2/h5-26H2,1-4H3/q+1. The molecule has 27 heavy (non-hydrogen) atoms. The molecule has 0 spiro atoms. The molecule has 0 aromatic rings. The van der Waals surface area contributed by atoms with Crippen molar-refractivity contribution in [2.75, 3.05) is 26.2 Å². The summed E-state index contributed by atoms with van der Waals surface area (Å²) in [7, 11) is 0. The molecule has 0 N–H and O–H groups in total. The predicted octanol–water partition coefficient (Wildman–Crippen LogP) is 8.90. The van der Waals surface area contributed by atoms with E-state index in [1.807, 2.05) is 0 Å². The fourth-order valence-electron chi connectivity index (χ4n) is 4.52. The Morgan fingerprint density at radius 1 is 0.296 bits per heavy atom. The highest BCUT2D eigenvalue weighted by Crippen LogP contribution is 2.19. The van der Waals surface area contributed by atoms with Crippen LogP contribution < -0.4 is 0 Å². The van der Waals surface area contributed by atoms with E-state index in [4.69, 9.17) is 0 Å². The minimum absolute atomic E-state index is 1.36. The predicted molar refractivity (Wildman–Crippen MR) is 126 cm³/mol. The van der Waals surface area contributed by atoms with Crippen molar-refractivity contribution in [1.29, 1.82) is 0 Å². The highest BCUT2D eigenvalue weighted by molar-refractivity contribution is 4.53. The molecular weight excluding hydrogens is 326 g/mol. The minimum Gasteiger partial charge on any atom is -0.324 e. The van der Waals surface area contributed by atoms with E-state index in [2.05, 4.69) is 27.7 Å². The lowest BCUT2D eigenvalue weighted by Gasteiger charge is -2.39. The summed E-state index contributed by atoms with van der Waals surface area (Å²) in [6, 6.07) is 0. The number of quaternary nitrogens is 1. The monoisotopic (exact) mass is 382 g/mol. The molecule has 0 amide bonds. The molecule has 0 saturated carbocycles. The van der Waals surface area contributed by atoms with Gasteiger partial charge in [-0.1, -0.05) is 91.9 Å². The highest BCUT2D eigenvalue weighted by Gasteiger charge is 2.25. The Morgan fingerprint density at radius 2 is 0.519 bits per heavy atom. The SMILES string of the molecule is CCCCCCCC[N+](CCCCC)(CCCCC)CCCCCCCC. The Bertz CT molecular complexity index is 245. The molecule has 0 radical (unpaired) electrons. The third kappa shape index (κ3) is 16.6. The van der Waals surface area contributed by atoms with Gasteiger partial charge in [0.05, 0.1) is 26.2 Å². The summed E-state index contributed by atoms with van der Waals surface area (Å²) in [6.07, 6.45) is 25.8. The zero-order valence-electron chi connectivity index (χ0n) is 20.0. The van der Waals surface area contributed by atoms with Gasteiger partial charge in [-0.05, 0) is 51.4 Å². The molecule has 1 heteroatoms. The number of hydrogen-bond donors (Lipinski definition) is 0. The lowest BCUT2D eigenvalue weighted by molar-refractivity contribution is -0.929. The highest BCUT2D eigenvalue weighted by atomic mass is 15.3. The summed E-state index contributed by atoms with van der Waals surface area (Å²) in [4.78, 5) is 0. The van der Waals surface area contributed by atoms with Crippen molar-refractivity contribution in [2.24, 2.45) is 0 Å². The van der Waals surface area contributed by atoms with Crippen molar-refractivity contribution in [3.05, 3.63) is 0 Å². The topological polar surface area (TPSA) is 0 Å². The van der Waals surface area contributed by atoms with Crippen LogP contribution >= 0.6 is 0 Å². The van der Waals surface area contributed by atoms with E-state index in [9.17, 15) is 0 Å². The summed E-state index contributed by atoms with van der Waals surface area (Å²) >= 11 is 0. The van der Waals surface area contributed by atoms with E-state index < -0.39 is 0 Å². The van der Waals surface area contributed by atoms with Crippen LogP contribution in [-0.2, 0) is 0 Å². The molecule has 0 aromatic heterocycles. The van der Waals surface area contributed by atoms with Crippen molar-refractivity contribution in [3.8, 4) is 0 Å². The maximum atomic E-state index is 2.35. The van der Waals surface area contributed by atoms with Gasteiger partial charge in [0, 0.05) is 0 Å². The van der Waals surface area contributed by atoms with Gasteiger partial charge in [-0.15, -0.1) is 0 Å². The van der Waals surface area contributed by atoms with E-state index in [1.54, 1.807) is 0 Å². The zero-order valence-corrected chi connectivity index (χ0v) is 20.0. The molecule has 0 heterocycles. The van der Waals surface area contributed by atoms with E-state index in [1.165, 1.54) is 146 Å². The van der Waals surface area contributed by atoms with Gasteiger partial charge < -0.3 is 4.48 Å². The van der Waals surface area contributed by atoms with Gasteiger partial charge >= 0.3 is 0 Å². The quantitative estimate of drug-likeness (QED) is 0.129. The first-order valence-electron chi connectivity index (χ1n) is 13.1. The molecule has 0 bridgehead atoms. The number of nitrogens with zero attached hydrogens (tertiary/aromatic N) is 1. The molecule has 164 valence electrons. The van der Waals surface area contributed by atoms with E-state index in [0.29, 0.717) is 0 Å². The van der Waals surface area contributed by atoms with E-state index >= 15 is 0 Å². The first-order chi connectivity index (χ1) is 13.2. The Kier molecular flexibility index (Phi) is 20.7. The molecule has 0 aliphatic carbocycles. The van der Waals surface area contributed by atoms with E-state index in [0.717, 1.165) is 0 Å². The van der Waals surface area contributed by atoms with Gasteiger partial charge in [-0.3, -0.25) is 0 Å². The molecule has 0 atom stereocenters. The number of unbranched alkanes of at least 4 members (excludes halogenated alkanes) is 14. The molecular formula is C26H56N+. The second kappa shape index (κ2) is 20.7. The molecule has 0 unspecified atom stereocenters. The summed E-state index contributed by atoms with van der Waals surface area (Å²) < 4.78 is 1.46. The summed E-state index contributed by atoms with van der Waals surface area (Å²) in [5.41, 5.74) is 0. The van der Waals surface area contributed by atoms with Gasteiger partial charge in [-0.2, -0.15) is 0 Å². The van der Waals surface area contributed by atoms with Crippen LogP contribution in [0.3, 0.4) is 0 Å². The van der Waals surface area contributed by atoms with Crippen LogP contribution in [0.2, 0.25) is 0 Å². The van der Waals surface area contributed by atoms with Crippen LogP contribution in [0.25, 0.3) is 0 Å². The average Bonchev–Trinajstić information content (AvgIpc) is 2.67. The van der Waals surface area contributed by atoms with Gasteiger partial charge in [-0.25, -0.2) is 0 Å². The Labute approximate surface area is 174 Å². The normalized spacial score (nSPS) is 12.0. The lowest BCUT2D eigenvalue weighted by atomic mass is 10.1. The molecule has 0 saturated heterocycles. The second-order valence-corrected chi connectivity index (χ2v) is 9.19. The zero-order chi connectivity index (χ0) is 20.1. The van der Waals surface area contributed by atoms with Crippen molar-refractivity contribution in [2.45, 2.75) is 143 Å². The van der Waals surface area contributed by atoms with Crippen molar-refractivity contribution >= 4 is 0 Å². The average molecular weight is 383 g/mol. The molecule has 0 fully saturated rings. The third-order valence-corrected chi connectivity index (χ3v) is 6.44. The molecule has 0 aliphatic heterocycles. The first kappa shape index (κ1) is 27.0. The summed E-state index contributed by atoms with van der Waals surface area (Å²) in [5.74, 6) is 0. The third-order valence-electron chi connectivity index (χ3n) is 6.44. The summed E-state index contributed by atoms with van der Waals surface area (Å²) in [6.45, 7) is 15.2. The maximum Gasteiger partial charge on any atom is 0.0786 e. The maximum absolute atomic E-state index is 2.35. The fourth-order valence-corrected chi connectivity index (χ4v) is 4.52. The smallest absolute Gasteiger partial charge is 0.0786 e. The van der Waals surface area contributed by atoms with E-state index in [-0.39, 0.29) is 0 Å². The van der Waals surface area contributed by atoms with Crippen molar-refractivity contribution in [3.63, 3.8) is 0 Å². The minimum atomic E-state index is 1.36. The van der Waals surface area contributed by atoms with Crippen LogP contribution in [0.15, 0.2) is 0 Å². The van der Waals surface area contributed by atoms with Gasteiger partial charge in [0.25, 0.3) is 0 Å². The fraction of sp³-hybridized carbons (Fsp3) is 1.00. The van der Waals surface area contributed by atoms with Crippen molar-refractivity contribution < 1.29 is 4.48 Å². The number of rotatable bonds is 22. The van der Waals surface area contributed by atoms with Crippen LogP contribution in [0.5, 0.6) is 0 Å². The van der Waals surface area contributed by atoms with Gasteiger partial charge in [0.1, 0.15) is 0 Å². The lowest BCUT2D eigenvalue weighted by Crippen LogP contribution is -2.50. The van der Waals surface area contributed by atoms with Crippen LogP contribution in [-0.4, -0.2) is 30.7 Å². The van der Waals surface area contributed by atoms with Crippen LogP contribution in [0.1, 0.15) is 143 Å². The second-order valence-electron chi connectivity index (χ2n) is 9.19. The summed E-state index contributed by atoms with van der Waals surface area (Å²) in [5, 5.41) is 0. The molecule has 0 rings (SSSR count). The van der Waals surface area contributed by atoms with Gasteiger partial charge in [0.15, 0.2) is 0 Å². The molecule has 0 aromatic carbocycles. The van der Waals surface area contributed by atoms with Crippen LogP contribution in [0, 0.1) is 0 Å². The van der Waals surface area contributed by atoms with Crippen molar-refractivity contribution in [1.82, 2.24) is 0 Å². The van der Waals surface area contributed by atoms with Gasteiger partial charge in [0.2, 0.25) is 0 Å². The number of hydrogen-bond acceptors (Lipinski definition) is 0. The largest absolute Gasteiger partial charge is 0.324 e. The Balaban J connectivity index is 4.52. The first-order valence-corrected chi connectivity index (χ1v) is 13.1. The van der Waals surface area contributed by atoms with Crippen LogP contribution in [0.4, 0.5) is 0 Å². The Morgan fingerprint density at radius 3 is 0.852 bits per heavy atom. The molecule has 1 nitrogen and oxygen atoms in total. The Hall–Kier alpha value is -0.0400. The molecule has 0 aliphatic rings.